The molecule has 4 aliphatic heterocycles. The molecule has 416 valence electrons. The second kappa shape index (κ2) is 20.4. The molecule has 0 aromatic rings. The molecule has 4 saturated heterocycles. The third-order valence-electron chi connectivity index (χ3n) is 20.4. The summed E-state index contributed by atoms with van der Waals surface area (Å²) in [5.74, 6) is -0.436. The van der Waals surface area contributed by atoms with Crippen molar-refractivity contribution in [1.82, 2.24) is 0 Å². The largest absolute Gasteiger partial charge is 0.432 e. The van der Waals surface area contributed by atoms with Crippen LogP contribution in [0.5, 0.6) is 0 Å². The number of allylic oxidation sites excluding steroid dienone is 3. The summed E-state index contributed by atoms with van der Waals surface area (Å²) in [6.07, 6.45) is -20.7. The number of aliphatic hydroxyl groups is 12. The molecule has 0 aromatic carbocycles. The quantitative estimate of drug-likeness (QED) is 0.0721. The van der Waals surface area contributed by atoms with Gasteiger partial charge in [0.05, 0.1) is 37.4 Å². The summed E-state index contributed by atoms with van der Waals surface area (Å²) in [6, 6.07) is 0. The van der Waals surface area contributed by atoms with Gasteiger partial charge in [-0.3, -0.25) is 4.79 Å². The van der Waals surface area contributed by atoms with Crippen LogP contribution >= 0.6 is 0 Å². The highest BCUT2D eigenvalue weighted by Crippen LogP contribution is 2.75. The van der Waals surface area contributed by atoms with Crippen molar-refractivity contribution in [2.75, 3.05) is 19.8 Å². The molecule has 21 nitrogen and oxygen atoms in total. The number of carbonyl (C=O) groups is 1. The van der Waals surface area contributed by atoms with E-state index in [1.807, 2.05) is 0 Å². The summed E-state index contributed by atoms with van der Waals surface area (Å²) in [5, 5.41) is 128. The Balaban J connectivity index is 0.949. The molecule has 4 saturated carbocycles. The minimum atomic E-state index is -1.78. The van der Waals surface area contributed by atoms with E-state index < -0.39 is 159 Å². The lowest BCUT2D eigenvalue weighted by Gasteiger charge is -2.71. The predicted octanol–water partition coefficient (Wildman–Crippen LogP) is -0.839. The van der Waals surface area contributed by atoms with E-state index >= 15 is 0 Å². The Morgan fingerprint density at radius 1 is 0.658 bits per heavy atom. The standard InChI is InChI=1S/C52H82O21/c1-22-10-15-52(47(65)73-45-39(63)36(60)34(58)27(19-53)68-45)17-16-50(6)24(25(52)18-22)8-9-30-49(5)13-12-31(48(3,4)29(49)11-14-51(30,50)7)70-46-40(64)42(72-43-37(61)33(57)26(55)21-66-43)41(28(20-54)69-46)71-44-38(62)35(59)32(56)23(2)67-44/h8,23,25-46,53-64H,1,9-21H2,2-7H3/t23-,25-,26-,27+,28+,29-,30+,31-,32-,33-,34-,35+,36-,37+,38+,39+,40+,41+,42+,43-,44-,45-,46-,49-,50+,51+,52-/m0/s1. The zero-order valence-electron chi connectivity index (χ0n) is 42.8. The number of hydrogen-bond donors (Lipinski definition) is 12. The van der Waals surface area contributed by atoms with Crippen LogP contribution in [0.2, 0.25) is 0 Å². The van der Waals surface area contributed by atoms with Crippen LogP contribution in [0.15, 0.2) is 23.8 Å². The van der Waals surface area contributed by atoms with E-state index in [-0.39, 0.29) is 34.0 Å². The first kappa shape index (κ1) is 55.9. The number of esters is 1. The van der Waals surface area contributed by atoms with Gasteiger partial charge in [-0.05, 0) is 105 Å². The van der Waals surface area contributed by atoms with Gasteiger partial charge in [-0.1, -0.05) is 58.4 Å². The molecule has 27 atom stereocenters. The van der Waals surface area contributed by atoms with Crippen LogP contribution in [0.3, 0.4) is 0 Å². The van der Waals surface area contributed by atoms with Gasteiger partial charge >= 0.3 is 5.97 Å². The molecular formula is C52H82O21. The second-order valence-electron chi connectivity index (χ2n) is 24.4. The number of fused-ring (bicyclic) bond motifs is 7. The summed E-state index contributed by atoms with van der Waals surface area (Å²) < 4.78 is 48.3. The minimum Gasteiger partial charge on any atom is -0.432 e. The average Bonchev–Trinajstić information content (AvgIpc) is 3.35. The van der Waals surface area contributed by atoms with Gasteiger partial charge in [-0.25, -0.2) is 0 Å². The Labute approximate surface area is 426 Å². The van der Waals surface area contributed by atoms with Crippen LogP contribution in [0.4, 0.5) is 0 Å². The van der Waals surface area contributed by atoms with Crippen molar-refractivity contribution in [1.29, 1.82) is 0 Å². The van der Waals surface area contributed by atoms with E-state index in [4.69, 9.17) is 37.9 Å². The Kier molecular flexibility index (Phi) is 15.7. The Bertz CT molecular complexity index is 2040. The van der Waals surface area contributed by atoms with E-state index in [2.05, 4.69) is 47.3 Å². The number of ether oxygens (including phenoxy) is 8. The van der Waals surface area contributed by atoms with Crippen molar-refractivity contribution in [3.05, 3.63) is 23.8 Å². The first-order valence-electron chi connectivity index (χ1n) is 26.4. The minimum absolute atomic E-state index is 0.117. The number of rotatable bonds is 10. The SMILES string of the molecule is C=C1CC[C@]2(C(=O)O[C@@H]3O[C@H](CO)[C@H](O)[C@H](O)[C@H]3O)CC[C@]3(C)C(=CC[C@@H]4[C@@]5(C)CC[C@H](O[C@@H]6O[C@H](CO)[C@@H](O[C@@H]7O[C@@H](C)[C@H](O)[C@@H](O)[C@H]7O)[C@H](O[C@@H]7OC[C@H](O)[C@H](O)[C@H]7O)[C@H]6O)C(C)(C)[C@@H]5CC[C@]43C)[C@@H]2C1. The van der Waals surface area contributed by atoms with Crippen LogP contribution in [0.1, 0.15) is 106 Å². The lowest BCUT2D eigenvalue weighted by atomic mass is 9.34. The summed E-state index contributed by atoms with van der Waals surface area (Å²) >= 11 is 0. The molecule has 0 radical (unpaired) electrons. The molecule has 9 aliphatic rings. The highest BCUT2D eigenvalue weighted by molar-refractivity contribution is 5.79. The van der Waals surface area contributed by atoms with Gasteiger partial charge in [0.1, 0.15) is 85.5 Å². The molecule has 9 rings (SSSR count). The van der Waals surface area contributed by atoms with E-state index in [1.54, 1.807) is 0 Å². The highest BCUT2D eigenvalue weighted by Gasteiger charge is 2.70. The Morgan fingerprint density at radius 2 is 1.29 bits per heavy atom. The average molecular weight is 1040 g/mol. The molecule has 0 amide bonds. The fourth-order valence-electron chi connectivity index (χ4n) is 15.8. The Morgan fingerprint density at radius 3 is 1.99 bits per heavy atom. The molecule has 5 aliphatic carbocycles. The lowest BCUT2D eigenvalue weighted by Crippen LogP contribution is -2.67. The van der Waals surface area contributed by atoms with Gasteiger partial charge in [-0.2, -0.15) is 0 Å². The fraction of sp³-hybridized carbons (Fsp3) is 0.904. The summed E-state index contributed by atoms with van der Waals surface area (Å²) in [5.41, 5.74) is 0.0640. The molecule has 21 heteroatoms. The van der Waals surface area contributed by atoms with E-state index in [1.165, 1.54) is 12.5 Å². The summed E-state index contributed by atoms with van der Waals surface area (Å²) in [7, 11) is 0. The molecule has 0 unspecified atom stereocenters. The van der Waals surface area contributed by atoms with Crippen LogP contribution in [0, 0.1) is 44.8 Å². The molecule has 0 spiro atoms. The first-order valence-corrected chi connectivity index (χ1v) is 26.4. The maximum absolute atomic E-state index is 14.6. The van der Waals surface area contributed by atoms with Crippen molar-refractivity contribution in [2.24, 2.45) is 44.8 Å². The van der Waals surface area contributed by atoms with Crippen molar-refractivity contribution in [3.63, 3.8) is 0 Å². The van der Waals surface area contributed by atoms with E-state index in [9.17, 15) is 66.1 Å². The van der Waals surface area contributed by atoms with Crippen molar-refractivity contribution >= 4 is 5.97 Å². The van der Waals surface area contributed by atoms with Crippen LogP contribution in [-0.4, -0.2) is 210 Å². The first-order chi connectivity index (χ1) is 34.3. The van der Waals surface area contributed by atoms with Crippen molar-refractivity contribution in [2.45, 2.75) is 229 Å². The van der Waals surface area contributed by atoms with E-state index in [0.717, 1.165) is 31.3 Å². The molecule has 4 heterocycles. The third kappa shape index (κ3) is 9.02. The smallest absolute Gasteiger partial charge is 0.315 e. The lowest BCUT2D eigenvalue weighted by molar-refractivity contribution is -0.388. The molecule has 0 aromatic heterocycles. The van der Waals surface area contributed by atoms with Gasteiger partial charge in [0, 0.05) is 5.92 Å². The molecule has 73 heavy (non-hydrogen) atoms. The van der Waals surface area contributed by atoms with Crippen LogP contribution in [-0.2, 0) is 42.7 Å². The maximum Gasteiger partial charge on any atom is 0.315 e. The predicted molar refractivity (Wildman–Crippen MR) is 251 cm³/mol. The van der Waals surface area contributed by atoms with E-state index in [0.29, 0.717) is 38.5 Å². The van der Waals surface area contributed by atoms with Gasteiger partial charge < -0.3 is 99.2 Å². The highest BCUT2D eigenvalue weighted by atomic mass is 16.8. The van der Waals surface area contributed by atoms with Gasteiger partial charge in [0.15, 0.2) is 18.9 Å². The van der Waals surface area contributed by atoms with Gasteiger partial charge in [0.2, 0.25) is 6.29 Å². The third-order valence-corrected chi connectivity index (χ3v) is 20.4. The Hall–Kier alpha value is -1.81. The molecule has 8 fully saturated rings. The van der Waals surface area contributed by atoms with Crippen LogP contribution in [0.25, 0.3) is 0 Å². The number of hydrogen-bond acceptors (Lipinski definition) is 21. The van der Waals surface area contributed by atoms with Crippen molar-refractivity contribution in [3.8, 4) is 0 Å². The summed E-state index contributed by atoms with van der Waals surface area (Å²) in [4.78, 5) is 14.6. The number of carbonyl (C=O) groups excluding carboxylic acids is 1. The number of aliphatic hydroxyl groups excluding tert-OH is 12. The normalized spacial score (nSPS) is 54.0. The zero-order valence-corrected chi connectivity index (χ0v) is 42.8. The van der Waals surface area contributed by atoms with Crippen molar-refractivity contribution < 1.29 is 104 Å². The second-order valence-corrected chi connectivity index (χ2v) is 24.4. The topological polar surface area (TPSA) is 334 Å². The molecular weight excluding hydrogens is 961 g/mol. The molecule has 0 bridgehead atoms. The fourth-order valence-corrected chi connectivity index (χ4v) is 15.8. The summed E-state index contributed by atoms with van der Waals surface area (Å²) in [6.45, 7) is 15.5. The molecule has 12 N–H and O–H groups in total. The zero-order chi connectivity index (χ0) is 53.1. The monoisotopic (exact) mass is 1040 g/mol. The van der Waals surface area contributed by atoms with Gasteiger partial charge in [-0.15, -0.1) is 0 Å². The van der Waals surface area contributed by atoms with Gasteiger partial charge in [0.25, 0.3) is 0 Å². The maximum atomic E-state index is 14.6. The van der Waals surface area contributed by atoms with Crippen LogP contribution < -0.4 is 0 Å².